The summed E-state index contributed by atoms with van der Waals surface area (Å²) in [6.07, 6.45) is 4.03. The molecule has 0 heterocycles. The van der Waals surface area contributed by atoms with Crippen LogP contribution in [-0.2, 0) is 21.7 Å². The van der Waals surface area contributed by atoms with Gasteiger partial charge in [0, 0.05) is 18.2 Å². The molecular weight excluding hydrogens is 711 g/mol. The number of hydrogen-bond acceptors (Lipinski definition) is 6. The number of rotatable bonds is 10. The van der Waals surface area contributed by atoms with Crippen molar-refractivity contribution in [3.05, 3.63) is 75.9 Å². The van der Waals surface area contributed by atoms with Gasteiger partial charge < -0.3 is 65.6 Å². The van der Waals surface area contributed by atoms with Crippen LogP contribution in [0, 0.1) is 26.8 Å². The average molecular weight is 756 g/mol. The molecule has 1 aliphatic carbocycles. The summed E-state index contributed by atoms with van der Waals surface area (Å²) in [7, 11) is 6.79. The van der Waals surface area contributed by atoms with E-state index in [2.05, 4.69) is 72.7 Å². The molecule has 0 spiro atoms. The summed E-state index contributed by atoms with van der Waals surface area (Å²) >= 11 is 0. The van der Waals surface area contributed by atoms with Crippen LogP contribution in [0.2, 0.25) is 5.04 Å². The molecule has 0 saturated carbocycles. The number of hydrogen-bond donors (Lipinski definition) is 0. The Balaban J connectivity index is 0.00000529. The molecule has 11 heteroatoms. The predicted octanol–water partition coefficient (Wildman–Crippen LogP) is -3.00. The Kier molecular flexibility index (Phi) is 16.6. The standard InChI is InChI=1S/C36H45O6Si.3ClH.Ti/c1-21-14-27(37-8)17-30(40-11)33(21)43(36(7)20-24(4)25(5)26(36)6,34-22(2)15-28(38-9)18-31(34)41-12)35-23(3)16-29(39-10)19-32(35)42-13;;;;/h14-19H,1-13H3;3*1H;/q-1;;;;+4/p-3. The van der Waals surface area contributed by atoms with Crippen molar-refractivity contribution >= 4 is 23.6 Å². The van der Waals surface area contributed by atoms with Crippen molar-refractivity contribution in [2.75, 3.05) is 42.7 Å². The normalized spacial score (nSPS) is 15.2. The summed E-state index contributed by atoms with van der Waals surface area (Å²) in [5, 5.41) is 2.72. The van der Waals surface area contributed by atoms with Crippen molar-refractivity contribution in [3.8, 4) is 34.5 Å². The second-order valence-corrected chi connectivity index (χ2v) is 15.4. The molecule has 3 aromatic carbocycles. The molecule has 4 rings (SSSR count). The maximum atomic E-state index is 6.30. The number of benzene rings is 3. The molecule has 6 nitrogen and oxygen atoms in total. The fraction of sp³-hybridized carbons (Fsp3) is 0.389. The van der Waals surface area contributed by atoms with E-state index >= 15 is 0 Å². The monoisotopic (exact) mass is 754 g/mol. The third kappa shape index (κ3) is 7.08. The fourth-order valence-electron chi connectivity index (χ4n) is 7.17. The minimum atomic E-state index is -3.43. The number of ether oxygens (including phenoxy) is 6. The summed E-state index contributed by atoms with van der Waals surface area (Å²) in [6, 6.07) is 12.2. The van der Waals surface area contributed by atoms with Crippen molar-refractivity contribution in [3.63, 3.8) is 0 Å². The first-order valence-corrected chi connectivity index (χ1v) is 16.4. The molecular formula is C36H45Cl3O6SiTi. The molecule has 0 radical (unpaired) electrons. The first kappa shape index (κ1) is 44.7. The summed E-state index contributed by atoms with van der Waals surface area (Å²) < 4.78 is 36.1. The molecule has 0 amide bonds. The van der Waals surface area contributed by atoms with Crippen LogP contribution in [-0.4, -0.2) is 50.7 Å². The van der Waals surface area contributed by atoms with Gasteiger partial charge in [0.05, 0.1) is 42.7 Å². The fourth-order valence-corrected chi connectivity index (χ4v) is 14.2. The SMILES string of the molecule is COc1cc(C)c([Si](c2c(C)cc(OC)cc2OC)(c2c(C)cc(OC)cc2OC)C2(C)[C-]=C(C)C(C)=C2C)c(OC)c1.[Cl-].[Cl-].[Cl-].[Ti+4]. The first-order valence-electron chi connectivity index (χ1n) is 14.4. The van der Waals surface area contributed by atoms with E-state index in [1.54, 1.807) is 42.7 Å². The second-order valence-electron chi connectivity index (χ2n) is 11.4. The third-order valence-electron chi connectivity index (χ3n) is 9.37. The summed E-state index contributed by atoms with van der Waals surface area (Å²) in [6.45, 7) is 15.3. The summed E-state index contributed by atoms with van der Waals surface area (Å²) in [4.78, 5) is 0. The molecule has 254 valence electrons. The van der Waals surface area contributed by atoms with Gasteiger partial charge in [0.25, 0.3) is 0 Å². The number of halogens is 3. The van der Waals surface area contributed by atoms with Crippen LogP contribution in [0.1, 0.15) is 44.4 Å². The molecule has 0 N–H and O–H groups in total. The van der Waals surface area contributed by atoms with Crippen LogP contribution >= 0.6 is 0 Å². The molecule has 47 heavy (non-hydrogen) atoms. The Bertz CT molecular complexity index is 1490. The van der Waals surface area contributed by atoms with Crippen molar-refractivity contribution < 1.29 is 87.4 Å². The smallest absolute Gasteiger partial charge is 1.00 e. The third-order valence-corrected chi connectivity index (χ3v) is 15.5. The Hall–Kier alpha value is -2.26. The zero-order valence-electron chi connectivity index (χ0n) is 29.5. The van der Waals surface area contributed by atoms with Gasteiger partial charge in [-0.2, -0.15) is 11.1 Å². The van der Waals surface area contributed by atoms with Gasteiger partial charge in [0.15, 0.2) is 8.07 Å². The molecule has 1 atom stereocenters. The van der Waals surface area contributed by atoms with Gasteiger partial charge in [-0.25, -0.2) is 5.57 Å². The van der Waals surface area contributed by atoms with Crippen LogP contribution in [0.4, 0.5) is 0 Å². The van der Waals surface area contributed by atoms with Crippen molar-refractivity contribution in [2.45, 2.75) is 53.5 Å². The van der Waals surface area contributed by atoms with Gasteiger partial charge >= 0.3 is 21.7 Å². The summed E-state index contributed by atoms with van der Waals surface area (Å²) in [5.74, 6) is 4.43. The molecule has 0 bridgehead atoms. The predicted molar refractivity (Wildman–Crippen MR) is 177 cm³/mol. The average Bonchev–Trinajstić information content (AvgIpc) is 3.20. The first-order chi connectivity index (χ1) is 20.4. The Labute approximate surface area is 315 Å². The van der Waals surface area contributed by atoms with Gasteiger partial charge in [0.1, 0.15) is 34.5 Å². The van der Waals surface area contributed by atoms with Crippen LogP contribution in [0.15, 0.2) is 53.1 Å². The molecule has 1 unspecified atom stereocenters. The van der Waals surface area contributed by atoms with E-state index in [1.165, 1.54) is 11.1 Å². The van der Waals surface area contributed by atoms with Gasteiger partial charge in [-0.1, -0.05) is 25.8 Å². The van der Waals surface area contributed by atoms with Crippen molar-refractivity contribution in [1.29, 1.82) is 0 Å². The van der Waals surface area contributed by atoms with E-state index in [4.69, 9.17) is 28.4 Å². The van der Waals surface area contributed by atoms with E-state index in [0.717, 1.165) is 72.3 Å². The second kappa shape index (κ2) is 17.4. The molecule has 0 fully saturated rings. The van der Waals surface area contributed by atoms with Crippen LogP contribution in [0.3, 0.4) is 0 Å². The molecule has 1 aliphatic rings. The van der Waals surface area contributed by atoms with E-state index in [-0.39, 0.29) is 58.9 Å². The Morgan fingerprint density at radius 2 is 0.809 bits per heavy atom. The van der Waals surface area contributed by atoms with Crippen LogP contribution in [0.5, 0.6) is 34.5 Å². The Morgan fingerprint density at radius 1 is 0.511 bits per heavy atom. The quantitative estimate of drug-likeness (QED) is 0.125. The number of allylic oxidation sites excluding steroid dienone is 4. The maximum absolute atomic E-state index is 6.30. The number of aryl methyl sites for hydroxylation is 3. The minimum absolute atomic E-state index is 0. The van der Waals surface area contributed by atoms with Crippen molar-refractivity contribution in [2.24, 2.45) is 0 Å². The van der Waals surface area contributed by atoms with E-state index in [1.807, 2.05) is 18.2 Å². The van der Waals surface area contributed by atoms with Crippen LogP contribution in [0.25, 0.3) is 0 Å². The number of methoxy groups -OCH3 is 6. The van der Waals surface area contributed by atoms with Crippen LogP contribution < -0.4 is 81.2 Å². The molecule has 3 aromatic rings. The van der Waals surface area contributed by atoms with Gasteiger partial charge in [-0.15, -0.1) is 6.92 Å². The van der Waals surface area contributed by atoms with E-state index in [0.29, 0.717) is 0 Å². The largest absolute Gasteiger partial charge is 4.00 e. The molecule has 0 aromatic heterocycles. The van der Waals surface area contributed by atoms with Gasteiger partial charge in [0.2, 0.25) is 0 Å². The molecule has 0 saturated heterocycles. The van der Waals surface area contributed by atoms with Gasteiger partial charge in [-0.3, -0.25) is 6.08 Å². The van der Waals surface area contributed by atoms with Gasteiger partial charge in [-0.05, 0) is 71.2 Å². The molecule has 0 aliphatic heterocycles. The zero-order chi connectivity index (χ0) is 31.9. The minimum Gasteiger partial charge on any atom is -1.00 e. The summed E-state index contributed by atoms with van der Waals surface area (Å²) in [5.41, 5.74) is 6.78. The van der Waals surface area contributed by atoms with Crippen molar-refractivity contribution in [1.82, 2.24) is 0 Å². The topological polar surface area (TPSA) is 55.4 Å². The Morgan fingerprint density at radius 3 is 1.02 bits per heavy atom. The van der Waals surface area contributed by atoms with E-state index in [9.17, 15) is 0 Å². The van der Waals surface area contributed by atoms with E-state index < -0.39 is 13.1 Å². The maximum Gasteiger partial charge on any atom is 4.00 e. The zero-order valence-corrected chi connectivity index (χ0v) is 34.4.